The first-order valence-electron chi connectivity index (χ1n) is 7.71. The highest BCUT2D eigenvalue weighted by Crippen LogP contribution is 2.27. The summed E-state index contributed by atoms with van der Waals surface area (Å²) in [6.45, 7) is 1.77. The number of rotatable bonds is 4. The molecule has 0 saturated carbocycles. The Labute approximate surface area is 130 Å². The van der Waals surface area contributed by atoms with E-state index in [0.29, 0.717) is 6.54 Å². The van der Waals surface area contributed by atoms with Crippen LogP contribution >= 0.6 is 0 Å². The number of benzene rings is 1. The van der Waals surface area contributed by atoms with Gasteiger partial charge in [0, 0.05) is 36.1 Å². The minimum Gasteiger partial charge on any atom is -0.508 e. The first kappa shape index (κ1) is 14.9. The van der Waals surface area contributed by atoms with Crippen molar-refractivity contribution in [2.24, 2.45) is 0 Å². The number of aromatic hydroxyl groups is 1. The smallest absolute Gasteiger partial charge is 0.120 e. The Bertz CT molecular complexity index is 619. The topological polar surface area (TPSA) is 69.5 Å². The molecule has 116 valence electrons. The highest BCUT2D eigenvalue weighted by molar-refractivity contribution is 5.60. The van der Waals surface area contributed by atoms with E-state index in [9.17, 15) is 10.2 Å². The number of phenolic OH excluding ortho intramolecular Hbond substituents is 1. The monoisotopic (exact) mass is 299 g/mol. The molecule has 1 aliphatic rings. The number of likely N-dealkylation sites (tertiary alicyclic amines) is 1. The van der Waals surface area contributed by atoms with Gasteiger partial charge in [-0.05, 0) is 37.6 Å². The molecule has 0 amide bonds. The Hall–Kier alpha value is -1.98. The van der Waals surface area contributed by atoms with Crippen LogP contribution in [0.3, 0.4) is 0 Å². The van der Waals surface area contributed by atoms with Gasteiger partial charge < -0.3 is 10.2 Å². The number of aliphatic hydroxyl groups is 1. The molecule has 5 heteroatoms. The van der Waals surface area contributed by atoms with Crippen LogP contribution in [0.25, 0.3) is 11.3 Å². The average Bonchev–Trinajstić information content (AvgIpc) is 2.58. The van der Waals surface area contributed by atoms with E-state index in [1.807, 2.05) is 12.1 Å². The van der Waals surface area contributed by atoms with E-state index in [0.717, 1.165) is 42.6 Å². The Morgan fingerprint density at radius 1 is 1.23 bits per heavy atom. The Morgan fingerprint density at radius 3 is 2.91 bits per heavy atom. The molecule has 1 aromatic carbocycles. The van der Waals surface area contributed by atoms with Gasteiger partial charge in [0.25, 0.3) is 0 Å². The quantitative estimate of drug-likeness (QED) is 0.905. The second-order valence-corrected chi connectivity index (χ2v) is 5.74. The van der Waals surface area contributed by atoms with Crippen molar-refractivity contribution < 1.29 is 10.2 Å². The highest BCUT2D eigenvalue weighted by Gasteiger charge is 2.22. The molecule has 3 rings (SSSR count). The standard InChI is InChI=1S/C17H21N3O2/c21-12-15-3-1-2-8-20(15)11-14-9-13(4-5-17(14)22)16-10-18-6-7-19-16/h4-7,9-10,15,21-22H,1-3,8,11-12H2/t15-/m1/s1. The fourth-order valence-corrected chi connectivity index (χ4v) is 3.01. The molecule has 0 radical (unpaired) electrons. The Kier molecular flexibility index (Phi) is 4.65. The molecule has 1 saturated heterocycles. The van der Waals surface area contributed by atoms with Gasteiger partial charge in [0.2, 0.25) is 0 Å². The molecule has 2 aromatic rings. The zero-order valence-electron chi connectivity index (χ0n) is 12.5. The van der Waals surface area contributed by atoms with Crippen molar-refractivity contribution in [3.63, 3.8) is 0 Å². The number of aliphatic hydroxyl groups excluding tert-OH is 1. The zero-order valence-corrected chi connectivity index (χ0v) is 12.5. The van der Waals surface area contributed by atoms with E-state index < -0.39 is 0 Å². The third-order valence-corrected chi connectivity index (χ3v) is 4.27. The van der Waals surface area contributed by atoms with Gasteiger partial charge in [-0.1, -0.05) is 6.42 Å². The third kappa shape index (κ3) is 3.26. The van der Waals surface area contributed by atoms with Gasteiger partial charge >= 0.3 is 0 Å². The lowest BCUT2D eigenvalue weighted by Crippen LogP contribution is -2.41. The molecule has 0 bridgehead atoms. The van der Waals surface area contributed by atoms with E-state index in [4.69, 9.17) is 0 Å². The van der Waals surface area contributed by atoms with Crippen LogP contribution in [-0.2, 0) is 6.54 Å². The number of phenols is 1. The summed E-state index contributed by atoms with van der Waals surface area (Å²) >= 11 is 0. The lowest BCUT2D eigenvalue weighted by molar-refractivity contribution is 0.0835. The van der Waals surface area contributed by atoms with Crippen molar-refractivity contribution in [2.45, 2.75) is 31.8 Å². The van der Waals surface area contributed by atoms with Gasteiger partial charge in [0.1, 0.15) is 5.75 Å². The van der Waals surface area contributed by atoms with Gasteiger partial charge in [-0.2, -0.15) is 0 Å². The molecule has 5 nitrogen and oxygen atoms in total. The molecule has 2 N–H and O–H groups in total. The predicted octanol–water partition coefficient (Wildman–Crippen LogP) is 2.20. The lowest BCUT2D eigenvalue weighted by atomic mass is 10.0. The molecule has 0 spiro atoms. The lowest BCUT2D eigenvalue weighted by Gasteiger charge is -2.34. The summed E-state index contributed by atoms with van der Waals surface area (Å²) in [5, 5.41) is 19.7. The summed E-state index contributed by atoms with van der Waals surface area (Å²) in [5.74, 6) is 0.287. The number of hydrogen-bond donors (Lipinski definition) is 2. The molecular weight excluding hydrogens is 278 g/mol. The van der Waals surface area contributed by atoms with Gasteiger partial charge in [-0.3, -0.25) is 14.9 Å². The number of hydrogen-bond acceptors (Lipinski definition) is 5. The van der Waals surface area contributed by atoms with Gasteiger partial charge in [0.05, 0.1) is 18.5 Å². The van der Waals surface area contributed by atoms with Crippen molar-refractivity contribution in [1.29, 1.82) is 0 Å². The van der Waals surface area contributed by atoms with Gasteiger partial charge in [0.15, 0.2) is 0 Å². The van der Waals surface area contributed by atoms with Crippen molar-refractivity contribution in [3.8, 4) is 17.0 Å². The summed E-state index contributed by atoms with van der Waals surface area (Å²) in [6, 6.07) is 5.70. The van der Waals surface area contributed by atoms with Crippen LogP contribution in [0.2, 0.25) is 0 Å². The van der Waals surface area contributed by atoms with Crippen molar-refractivity contribution in [1.82, 2.24) is 14.9 Å². The van der Waals surface area contributed by atoms with Crippen molar-refractivity contribution >= 4 is 0 Å². The first-order valence-corrected chi connectivity index (χ1v) is 7.71. The minimum atomic E-state index is 0.171. The molecule has 0 aliphatic carbocycles. The number of nitrogens with zero attached hydrogens (tertiary/aromatic N) is 3. The molecule has 1 aliphatic heterocycles. The Morgan fingerprint density at radius 2 is 2.14 bits per heavy atom. The maximum atomic E-state index is 10.1. The maximum Gasteiger partial charge on any atom is 0.120 e. The van der Waals surface area contributed by atoms with Crippen LogP contribution < -0.4 is 0 Å². The molecule has 22 heavy (non-hydrogen) atoms. The SMILES string of the molecule is OC[C@H]1CCCCN1Cc1cc(-c2cnccn2)ccc1O. The van der Waals surface area contributed by atoms with Crippen molar-refractivity contribution in [2.75, 3.05) is 13.2 Å². The fourth-order valence-electron chi connectivity index (χ4n) is 3.01. The summed E-state index contributed by atoms with van der Waals surface area (Å²) in [7, 11) is 0. The van der Waals surface area contributed by atoms with Crippen LogP contribution in [-0.4, -0.2) is 44.3 Å². The summed E-state index contributed by atoms with van der Waals surface area (Å²) in [5.41, 5.74) is 2.60. The Balaban J connectivity index is 1.84. The normalized spacial score (nSPS) is 19.2. The second kappa shape index (κ2) is 6.85. The summed E-state index contributed by atoms with van der Waals surface area (Å²) in [4.78, 5) is 10.6. The van der Waals surface area contributed by atoms with Crippen molar-refractivity contribution in [3.05, 3.63) is 42.4 Å². The first-order chi connectivity index (χ1) is 10.8. The minimum absolute atomic E-state index is 0.171. The van der Waals surface area contributed by atoms with E-state index >= 15 is 0 Å². The van der Waals surface area contributed by atoms with E-state index in [1.54, 1.807) is 24.7 Å². The predicted molar refractivity (Wildman–Crippen MR) is 84.3 cm³/mol. The summed E-state index contributed by atoms with van der Waals surface area (Å²) in [6.07, 6.45) is 8.34. The zero-order chi connectivity index (χ0) is 15.4. The third-order valence-electron chi connectivity index (χ3n) is 4.27. The number of aromatic nitrogens is 2. The van der Waals surface area contributed by atoms with Crippen LogP contribution in [0, 0.1) is 0 Å². The maximum absolute atomic E-state index is 10.1. The van der Waals surface area contributed by atoms with Crippen LogP contribution in [0.4, 0.5) is 0 Å². The van der Waals surface area contributed by atoms with Crippen LogP contribution in [0.1, 0.15) is 24.8 Å². The van der Waals surface area contributed by atoms with Gasteiger partial charge in [-0.15, -0.1) is 0 Å². The molecule has 0 unspecified atom stereocenters. The largest absolute Gasteiger partial charge is 0.508 e. The number of piperidine rings is 1. The highest BCUT2D eigenvalue weighted by atomic mass is 16.3. The fraction of sp³-hybridized carbons (Fsp3) is 0.412. The average molecular weight is 299 g/mol. The van der Waals surface area contributed by atoms with E-state index in [-0.39, 0.29) is 18.4 Å². The molecule has 1 atom stereocenters. The van der Waals surface area contributed by atoms with Crippen LogP contribution in [0.15, 0.2) is 36.8 Å². The van der Waals surface area contributed by atoms with Crippen LogP contribution in [0.5, 0.6) is 5.75 Å². The second-order valence-electron chi connectivity index (χ2n) is 5.74. The molecule has 1 aromatic heterocycles. The molecular formula is C17H21N3O2. The summed E-state index contributed by atoms with van der Waals surface area (Å²) < 4.78 is 0. The molecule has 1 fully saturated rings. The van der Waals surface area contributed by atoms with Gasteiger partial charge in [-0.25, -0.2) is 0 Å². The molecule has 2 heterocycles. The van der Waals surface area contributed by atoms with E-state index in [1.165, 1.54) is 0 Å². The van der Waals surface area contributed by atoms with E-state index in [2.05, 4.69) is 14.9 Å².